The summed E-state index contributed by atoms with van der Waals surface area (Å²) in [5, 5.41) is 0. The van der Waals surface area contributed by atoms with Gasteiger partial charge in [-0.2, -0.15) is 0 Å². The molecule has 2 aromatic rings. The third-order valence-corrected chi connectivity index (χ3v) is 3.70. The van der Waals surface area contributed by atoms with Crippen LogP contribution in [0.1, 0.15) is 48.5 Å². The Balaban J connectivity index is 1.97. The lowest BCUT2D eigenvalue weighted by Crippen LogP contribution is -2.09. The molecule has 122 valence electrons. The van der Waals surface area contributed by atoms with Crippen molar-refractivity contribution in [2.24, 2.45) is 0 Å². The van der Waals surface area contributed by atoms with Crippen LogP contribution in [0.15, 0.2) is 48.5 Å². The van der Waals surface area contributed by atoms with Crippen molar-refractivity contribution in [3.05, 3.63) is 59.7 Å². The van der Waals surface area contributed by atoms with Crippen molar-refractivity contribution in [3.63, 3.8) is 0 Å². The first-order chi connectivity index (χ1) is 11.2. The number of benzene rings is 2. The van der Waals surface area contributed by atoms with E-state index in [1.165, 1.54) is 19.3 Å². The molecule has 0 aliphatic carbocycles. The second kappa shape index (κ2) is 8.99. The Morgan fingerprint density at radius 1 is 0.913 bits per heavy atom. The smallest absolute Gasteiger partial charge is 0.343 e. The van der Waals surface area contributed by atoms with Crippen molar-refractivity contribution in [2.75, 3.05) is 6.61 Å². The summed E-state index contributed by atoms with van der Waals surface area (Å²) in [6, 6.07) is 14.5. The van der Waals surface area contributed by atoms with E-state index in [2.05, 4.69) is 6.92 Å². The molecule has 0 radical (unpaired) electrons. The van der Waals surface area contributed by atoms with E-state index < -0.39 is 0 Å². The molecule has 0 atom stereocenters. The van der Waals surface area contributed by atoms with Crippen LogP contribution in [0.3, 0.4) is 0 Å². The van der Waals surface area contributed by atoms with Gasteiger partial charge in [-0.05, 0) is 37.6 Å². The van der Waals surface area contributed by atoms with Crippen LogP contribution in [0.4, 0.5) is 0 Å². The van der Waals surface area contributed by atoms with Gasteiger partial charge in [0.15, 0.2) is 0 Å². The van der Waals surface area contributed by atoms with Gasteiger partial charge in [0.05, 0.1) is 12.2 Å². The van der Waals surface area contributed by atoms with E-state index in [-0.39, 0.29) is 5.97 Å². The number of rotatable bonds is 8. The maximum atomic E-state index is 12.1. The van der Waals surface area contributed by atoms with E-state index in [4.69, 9.17) is 9.47 Å². The van der Waals surface area contributed by atoms with E-state index in [1.54, 1.807) is 18.2 Å². The maximum Gasteiger partial charge on any atom is 0.343 e. The molecule has 0 saturated heterocycles. The molecule has 0 saturated carbocycles. The van der Waals surface area contributed by atoms with Gasteiger partial charge < -0.3 is 9.47 Å². The molecular weight excluding hydrogens is 288 g/mol. The predicted molar refractivity (Wildman–Crippen MR) is 92.2 cm³/mol. The van der Waals surface area contributed by atoms with Crippen LogP contribution in [0, 0.1) is 6.92 Å². The van der Waals surface area contributed by atoms with E-state index in [1.807, 2.05) is 37.3 Å². The summed E-state index contributed by atoms with van der Waals surface area (Å²) in [5.41, 5.74) is 1.39. The molecule has 0 N–H and O–H groups in total. The zero-order chi connectivity index (χ0) is 16.5. The standard InChI is InChI=1S/C20H24O3/c1-3-4-5-9-15-22-18-13-10-14-19(16(18)2)23-20(21)17-11-7-6-8-12-17/h6-8,10-14H,3-5,9,15H2,1-2H3. The minimum absolute atomic E-state index is 0.353. The molecule has 0 aromatic heterocycles. The topological polar surface area (TPSA) is 35.5 Å². The zero-order valence-electron chi connectivity index (χ0n) is 13.9. The first-order valence-electron chi connectivity index (χ1n) is 8.22. The Bertz CT molecular complexity index is 620. The van der Waals surface area contributed by atoms with Crippen LogP contribution >= 0.6 is 0 Å². The van der Waals surface area contributed by atoms with Gasteiger partial charge in [-0.25, -0.2) is 4.79 Å². The Morgan fingerprint density at radius 3 is 2.39 bits per heavy atom. The summed E-state index contributed by atoms with van der Waals surface area (Å²) in [7, 11) is 0. The molecule has 2 rings (SSSR count). The minimum Gasteiger partial charge on any atom is -0.493 e. The Kier molecular flexibility index (Phi) is 6.67. The van der Waals surface area contributed by atoms with Gasteiger partial charge in [-0.1, -0.05) is 50.5 Å². The van der Waals surface area contributed by atoms with E-state index in [9.17, 15) is 4.79 Å². The Hall–Kier alpha value is -2.29. The molecule has 23 heavy (non-hydrogen) atoms. The number of hydrogen-bond acceptors (Lipinski definition) is 3. The highest BCUT2D eigenvalue weighted by atomic mass is 16.5. The van der Waals surface area contributed by atoms with Crippen molar-refractivity contribution < 1.29 is 14.3 Å². The average molecular weight is 312 g/mol. The molecule has 0 amide bonds. The van der Waals surface area contributed by atoms with E-state index in [0.717, 1.165) is 17.7 Å². The monoisotopic (exact) mass is 312 g/mol. The summed E-state index contributed by atoms with van der Waals surface area (Å²) in [4.78, 5) is 12.1. The molecule has 3 heteroatoms. The molecule has 0 fully saturated rings. The summed E-state index contributed by atoms with van der Waals surface area (Å²) in [6.07, 6.45) is 4.67. The maximum absolute atomic E-state index is 12.1. The Morgan fingerprint density at radius 2 is 1.65 bits per heavy atom. The van der Waals surface area contributed by atoms with Crippen LogP contribution in [-0.2, 0) is 0 Å². The van der Waals surface area contributed by atoms with Crippen molar-refractivity contribution in [3.8, 4) is 11.5 Å². The third-order valence-electron chi connectivity index (χ3n) is 3.70. The summed E-state index contributed by atoms with van der Waals surface area (Å²) in [5.74, 6) is 0.971. The molecule has 3 nitrogen and oxygen atoms in total. The number of carbonyl (C=O) groups excluding carboxylic acids is 1. The van der Waals surface area contributed by atoms with Gasteiger partial charge in [0.2, 0.25) is 0 Å². The van der Waals surface area contributed by atoms with Gasteiger partial charge in [0.1, 0.15) is 11.5 Å². The summed E-state index contributed by atoms with van der Waals surface area (Å²) < 4.78 is 11.3. The molecular formula is C20H24O3. The van der Waals surface area contributed by atoms with Crippen molar-refractivity contribution >= 4 is 5.97 Å². The summed E-state index contributed by atoms with van der Waals surface area (Å²) >= 11 is 0. The van der Waals surface area contributed by atoms with Crippen LogP contribution < -0.4 is 9.47 Å². The van der Waals surface area contributed by atoms with Gasteiger partial charge >= 0.3 is 5.97 Å². The molecule has 0 spiro atoms. The minimum atomic E-state index is -0.353. The van der Waals surface area contributed by atoms with Crippen LogP contribution in [0.5, 0.6) is 11.5 Å². The first kappa shape index (κ1) is 17.1. The lowest BCUT2D eigenvalue weighted by Gasteiger charge is -2.13. The number of carbonyl (C=O) groups is 1. The van der Waals surface area contributed by atoms with Gasteiger partial charge in [-0.15, -0.1) is 0 Å². The van der Waals surface area contributed by atoms with Gasteiger partial charge in [0.25, 0.3) is 0 Å². The molecule has 2 aromatic carbocycles. The van der Waals surface area contributed by atoms with Crippen LogP contribution in [0.2, 0.25) is 0 Å². The first-order valence-corrected chi connectivity index (χ1v) is 8.22. The van der Waals surface area contributed by atoms with E-state index >= 15 is 0 Å². The molecule has 0 heterocycles. The van der Waals surface area contributed by atoms with Gasteiger partial charge in [-0.3, -0.25) is 0 Å². The molecule has 0 aliphatic rings. The third kappa shape index (κ3) is 5.13. The van der Waals surface area contributed by atoms with Crippen molar-refractivity contribution in [1.29, 1.82) is 0 Å². The number of ether oxygens (including phenoxy) is 2. The lowest BCUT2D eigenvalue weighted by molar-refractivity contribution is 0.0733. The quantitative estimate of drug-likeness (QED) is 0.383. The van der Waals surface area contributed by atoms with Crippen molar-refractivity contribution in [1.82, 2.24) is 0 Å². The molecule has 0 bridgehead atoms. The number of unbranched alkanes of at least 4 members (excludes halogenated alkanes) is 3. The predicted octanol–water partition coefficient (Wildman–Crippen LogP) is 5.17. The normalized spacial score (nSPS) is 10.3. The van der Waals surface area contributed by atoms with Gasteiger partial charge in [0, 0.05) is 5.56 Å². The molecule has 0 unspecified atom stereocenters. The zero-order valence-corrected chi connectivity index (χ0v) is 13.9. The highest BCUT2D eigenvalue weighted by Crippen LogP contribution is 2.28. The van der Waals surface area contributed by atoms with Crippen LogP contribution in [0.25, 0.3) is 0 Å². The fourth-order valence-electron chi connectivity index (χ4n) is 2.31. The Labute approximate surface area is 138 Å². The number of esters is 1. The average Bonchev–Trinajstić information content (AvgIpc) is 2.58. The highest BCUT2D eigenvalue weighted by Gasteiger charge is 2.12. The SMILES string of the molecule is CCCCCCOc1cccc(OC(=O)c2ccccc2)c1C. The second-order valence-electron chi connectivity index (χ2n) is 5.54. The highest BCUT2D eigenvalue weighted by molar-refractivity contribution is 5.91. The lowest BCUT2D eigenvalue weighted by atomic mass is 10.2. The second-order valence-corrected chi connectivity index (χ2v) is 5.54. The summed E-state index contributed by atoms with van der Waals surface area (Å²) in [6.45, 7) is 4.79. The molecule has 0 aliphatic heterocycles. The number of hydrogen-bond donors (Lipinski definition) is 0. The van der Waals surface area contributed by atoms with Crippen LogP contribution in [-0.4, -0.2) is 12.6 Å². The fourth-order valence-corrected chi connectivity index (χ4v) is 2.31. The fraction of sp³-hybridized carbons (Fsp3) is 0.350. The largest absolute Gasteiger partial charge is 0.493 e. The van der Waals surface area contributed by atoms with E-state index in [0.29, 0.717) is 17.9 Å². The van der Waals surface area contributed by atoms with Crippen molar-refractivity contribution in [2.45, 2.75) is 39.5 Å².